The minimum Gasteiger partial charge on any atom is -0.357 e. The first-order chi connectivity index (χ1) is 9.49. The van der Waals surface area contributed by atoms with Gasteiger partial charge in [-0.05, 0) is 59.2 Å². The molecule has 1 aromatic carbocycles. The Kier molecular flexibility index (Phi) is 4.77. The van der Waals surface area contributed by atoms with Crippen molar-refractivity contribution in [1.82, 2.24) is 15.1 Å². The van der Waals surface area contributed by atoms with E-state index in [1.54, 1.807) is 6.20 Å². The number of nitrogens with zero attached hydrogens (tertiary/aromatic N) is 2. The van der Waals surface area contributed by atoms with Gasteiger partial charge in [0.1, 0.15) is 0 Å². The van der Waals surface area contributed by atoms with Crippen LogP contribution in [-0.2, 0) is 13.6 Å². The Hall–Kier alpha value is -1.40. The smallest absolute Gasteiger partial charge is 0.171 e. The fraction of sp³-hybridized carbons (Fsp3) is 0.286. The zero-order valence-electron chi connectivity index (χ0n) is 11.7. The first kappa shape index (κ1) is 15.0. The summed E-state index contributed by atoms with van der Waals surface area (Å²) in [7, 11) is 1.91. The topological polar surface area (TPSA) is 41.9 Å². The van der Waals surface area contributed by atoms with Crippen LogP contribution in [0.25, 0.3) is 0 Å². The lowest BCUT2D eigenvalue weighted by Gasteiger charge is -2.14. The Morgan fingerprint density at radius 1 is 1.40 bits per heavy atom. The van der Waals surface area contributed by atoms with Crippen LogP contribution in [0, 0.1) is 13.8 Å². The van der Waals surface area contributed by atoms with Crippen molar-refractivity contribution < 1.29 is 0 Å². The molecule has 20 heavy (non-hydrogen) atoms. The predicted octanol–water partition coefficient (Wildman–Crippen LogP) is 3.29. The van der Waals surface area contributed by atoms with Crippen molar-refractivity contribution in [2.75, 3.05) is 5.32 Å². The Morgan fingerprint density at radius 2 is 2.15 bits per heavy atom. The number of nitrogens with one attached hydrogen (secondary N) is 2. The number of benzene rings is 1. The van der Waals surface area contributed by atoms with Crippen LogP contribution in [0.2, 0.25) is 0 Å². The molecule has 6 heteroatoms. The number of hydrogen-bond acceptors (Lipinski definition) is 2. The molecule has 2 rings (SSSR count). The van der Waals surface area contributed by atoms with Crippen LogP contribution in [0.3, 0.4) is 0 Å². The molecule has 0 aliphatic rings. The van der Waals surface area contributed by atoms with E-state index < -0.39 is 0 Å². The molecule has 106 valence electrons. The van der Waals surface area contributed by atoms with Gasteiger partial charge in [-0.3, -0.25) is 4.68 Å². The molecule has 0 bridgehead atoms. The summed E-state index contributed by atoms with van der Waals surface area (Å²) in [5.74, 6) is 0. The van der Waals surface area contributed by atoms with Crippen molar-refractivity contribution in [3.8, 4) is 0 Å². The number of aromatic nitrogens is 2. The molecule has 2 aromatic rings. The van der Waals surface area contributed by atoms with Gasteiger partial charge in [-0.2, -0.15) is 5.10 Å². The normalized spacial score (nSPS) is 10.4. The lowest BCUT2D eigenvalue weighted by Crippen LogP contribution is -2.29. The van der Waals surface area contributed by atoms with E-state index in [0.717, 1.165) is 15.9 Å². The molecule has 2 N–H and O–H groups in total. The van der Waals surface area contributed by atoms with Gasteiger partial charge >= 0.3 is 0 Å². The second-order valence-corrected chi connectivity index (χ2v) is 5.88. The summed E-state index contributed by atoms with van der Waals surface area (Å²) in [6.07, 6.45) is 1.78. The molecule has 1 aromatic heterocycles. The predicted molar refractivity (Wildman–Crippen MR) is 89.9 cm³/mol. The lowest BCUT2D eigenvalue weighted by atomic mass is 10.1. The van der Waals surface area contributed by atoms with Crippen LogP contribution in [0.5, 0.6) is 0 Å². The Morgan fingerprint density at radius 3 is 2.80 bits per heavy atom. The van der Waals surface area contributed by atoms with E-state index in [9.17, 15) is 0 Å². The maximum atomic E-state index is 5.33. The number of aryl methyl sites for hydroxylation is 2. The number of hydrogen-bond donors (Lipinski definition) is 2. The first-order valence-corrected chi connectivity index (χ1v) is 7.46. The number of anilines is 1. The van der Waals surface area contributed by atoms with Gasteiger partial charge in [-0.1, -0.05) is 12.1 Å². The van der Waals surface area contributed by atoms with Crippen molar-refractivity contribution in [2.45, 2.75) is 20.4 Å². The van der Waals surface area contributed by atoms with Gasteiger partial charge in [-0.25, -0.2) is 0 Å². The molecule has 0 unspecified atom stereocenters. The summed E-state index contributed by atoms with van der Waals surface area (Å²) >= 11 is 8.80. The quantitative estimate of drug-likeness (QED) is 0.831. The van der Waals surface area contributed by atoms with E-state index in [-0.39, 0.29) is 0 Å². The standard InChI is InChI=1S/C14H17BrN4S/c1-9-5-4-6-12(10(9)2)18-14(20)16-8-13-11(15)7-17-19(13)3/h4-7H,8H2,1-3H3,(H2,16,18,20). The second kappa shape index (κ2) is 6.37. The average molecular weight is 353 g/mol. The molecule has 0 saturated carbocycles. The minimum absolute atomic E-state index is 0.604. The van der Waals surface area contributed by atoms with E-state index in [1.807, 2.05) is 23.9 Å². The summed E-state index contributed by atoms with van der Waals surface area (Å²) in [5.41, 5.74) is 4.53. The summed E-state index contributed by atoms with van der Waals surface area (Å²) in [6, 6.07) is 6.13. The minimum atomic E-state index is 0.604. The summed E-state index contributed by atoms with van der Waals surface area (Å²) in [5, 5.41) is 11.2. The highest BCUT2D eigenvalue weighted by Crippen LogP contribution is 2.18. The third-order valence-electron chi connectivity index (χ3n) is 3.28. The fourth-order valence-corrected chi connectivity index (χ4v) is 2.52. The van der Waals surface area contributed by atoms with Crippen LogP contribution < -0.4 is 10.6 Å². The molecule has 0 amide bonds. The van der Waals surface area contributed by atoms with Crippen molar-refractivity contribution in [3.63, 3.8) is 0 Å². The Balaban J connectivity index is 1.98. The van der Waals surface area contributed by atoms with Gasteiger partial charge in [0, 0.05) is 12.7 Å². The highest BCUT2D eigenvalue weighted by Gasteiger charge is 2.07. The molecule has 0 aliphatic carbocycles. The van der Waals surface area contributed by atoms with Crippen molar-refractivity contribution in [3.05, 3.63) is 45.7 Å². The molecule has 0 atom stereocenters. The van der Waals surface area contributed by atoms with Gasteiger partial charge in [0.05, 0.1) is 22.9 Å². The second-order valence-electron chi connectivity index (χ2n) is 4.62. The van der Waals surface area contributed by atoms with Gasteiger partial charge in [0.2, 0.25) is 0 Å². The molecule has 0 fully saturated rings. The SMILES string of the molecule is Cc1cccc(NC(=S)NCc2c(Br)cnn2C)c1C. The van der Waals surface area contributed by atoms with Crippen molar-refractivity contribution in [2.24, 2.45) is 7.05 Å². The Bertz CT molecular complexity index is 617. The molecule has 0 spiro atoms. The van der Waals surface area contributed by atoms with Gasteiger partial charge in [0.15, 0.2) is 5.11 Å². The number of halogens is 1. The van der Waals surface area contributed by atoms with Crippen LogP contribution in [0.1, 0.15) is 16.8 Å². The number of rotatable bonds is 3. The van der Waals surface area contributed by atoms with E-state index in [1.165, 1.54) is 11.1 Å². The first-order valence-electron chi connectivity index (χ1n) is 6.26. The maximum Gasteiger partial charge on any atom is 0.171 e. The molecule has 0 aliphatic heterocycles. The molecule has 1 heterocycles. The van der Waals surface area contributed by atoms with Crippen LogP contribution >= 0.6 is 28.1 Å². The lowest BCUT2D eigenvalue weighted by molar-refractivity contribution is 0.693. The summed E-state index contributed by atoms with van der Waals surface area (Å²) in [4.78, 5) is 0. The molecular weight excluding hydrogens is 336 g/mol. The van der Waals surface area contributed by atoms with Gasteiger partial charge in [-0.15, -0.1) is 0 Å². The van der Waals surface area contributed by atoms with E-state index in [0.29, 0.717) is 11.7 Å². The van der Waals surface area contributed by atoms with E-state index in [4.69, 9.17) is 12.2 Å². The summed E-state index contributed by atoms with van der Waals surface area (Å²) in [6.45, 7) is 4.79. The van der Waals surface area contributed by atoms with Gasteiger partial charge < -0.3 is 10.6 Å². The van der Waals surface area contributed by atoms with Crippen LogP contribution in [-0.4, -0.2) is 14.9 Å². The fourth-order valence-electron chi connectivity index (χ4n) is 1.85. The molecular formula is C14H17BrN4S. The van der Waals surface area contributed by atoms with E-state index >= 15 is 0 Å². The summed E-state index contributed by atoms with van der Waals surface area (Å²) < 4.78 is 2.79. The third kappa shape index (κ3) is 3.37. The Labute approximate surface area is 132 Å². The highest BCUT2D eigenvalue weighted by molar-refractivity contribution is 9.10. The monoisotopic (exact) mass is 352 g/mol. The largest absolute Gasteiger partial charge is 0.357 e. The van der Waals surface area contributed by atoms with Gasteiger partial charge in [0.25, 0.3) is 0 Å². The molecule has 0 saturated heterocycles. The zero-order chi connectivity index (χ0) is 14.7. The molecule has 0 radical (unpaired) electrons. The molecule has 4 nitrogen and oxygen atoms in total. The van der Waals surface area contributed by atoms with Crippen LogP contribution in [0.4, 0.5) is 5.69 Å². The average Bonchev–Trinajstić information content (AvgIpc) is 2.72. The van der Waals surface area contributed by atoms with Crippen LogP contribution in [0.15, 0.2) is 28.9 Å². The third-order valence-corrected chi connectivity index (χ3v) is 4.19. The maximum absolute atomic E-state index is 5.33. The highest BCUT2D eigenvalue weighted by atomic mass is 79.9. The van der Waals surface area contributed by atoms with Crippen molar-refractivity contribution in [1.29, 1.82) is 0 Å². The number of thiocarbonyl (C=S) groups is 1. The van der Waals surface area contributed by atoms with Crippen molar-refractivity contribution >= 4 is 38.9 Å². The zero-order valence-corrected chi connectivity index (χ0v) is 14.1. The van der Waals surface area contributed by atoms with E-state index in [2.05, 4.69) is 51.6 Å².